The fourth-order valence-corrected chi connectivity index (χ4v) is 2.55. The quantitative estimate of drug-likeness (QED) is 0.872. The van der Waals surface area contributed by atoms with E-state index in [0.717, 1.165) is 30.8 Å². The second-order valence-electron chi connectivity index (χ2n) is 4.57. The van der Waals surface area contributed by atoms with E-state index >= 15 is 0 Å². The van der Waals surface area contributed by atoms with E-state index in [1.165, 1.54) is 6.39 Å². The Morgan fingerprint density at radius 2 is 2.41 bits per heavy atom. The lowest BCUT2D eigenvalue weighted by atomic mass is 9.99. The summed E-state index contributed by atoms with van der Waals surface area (Å²) < 4.78 is 5.36. The van der Waals surface area contributed by atoms with Gasteiger partial charge in [-0.2, -0.15) is 0 Å². The predicted molar refractivity (Wildman–Crippen MR) is 61.6 cm³/mol. The molecule has 1 aromatic heterocycles. The lowest BCUT2D eigenvalue weighted by molar-refractivity contribution is -0.145. The third-order valence-corrected chi connectivity index (χ3v) is 3.49. The third-order valence-electron chi connectivity index (χ3n) is 3.49. The molecule has 94 valence electrons. The van der Waals surface area contributed by atoms with Crippen molar-refractivity contribution in [1.82, 2.24) is 9.88 Å². The van der Waals surface area contributed by atoms with Crippen molar-refractivity contribution in [2.24, 2.45) is 0 Å². The van der Waals surface area contributed by atoms with Crippen LogP contribution in [0.25, 0.3) is 0 Å². The Bertz CT molecular complexity index is 402. The van der Waals surface area contributed by atoms with Gasteiger partial charge < -0.3 is 9.52 Å². The highest BCUT2D eigenvalue weighted by Crippen LogP contribution is 2.29. The van der Waals surface area contributed by atoms with Crippen LogP contribution >= 0.6 is 0 Å². The molecule has 0 aromatic carbocycles. The first kappa shape index (κ1) is 12.1. The zero-order chi connectivity index (χ0) is 12.4. The van der Waals surface area contributed by atoms with Crippen molar-refractivity contribution in [3.8, 4) is 0 Å². The molecule has 1 N–H and O–H groups in total. The third kappa shape index (κ3) is 2.34. The number of piperidine rings is 1. The summed E-state index contributed by atoms with van der Waals surface area (Å²) in [7, 11) is 0. The summed E-state index contributed by atoms with van der Waals surface area (Å²) in [5.74, 6) is 0.0341. The number of carboxylic acids is 1. The Kier molecular flexibility index (Phi) is 3.47. The van der Waals surface area contributed by atoms with Crippen LogP contribution in [0.2, 0.25) is 0 Å². The molecule has 5 nitrogen and oxygen atoms in total. The molecule has 2 atom stereocenters. The standard InChI is InChI=1S/C12H18N2O3/c1-8-11(17-7-13-8)9(2)14-6-4-3-5-10(14)12(15)16/h7,9-10H,3-6H2,1-2H3,(H,15,16). The maximum Gasteiger partial charge on any atom is 0.320 e. The second kappa shape index (κ2) is 4.87. The number of aryl methyl sites for hydroxylation is 1. The lowest BCUT2D eigenvalue weighted by Crippen LogP contribution is -2.45. The number of rotatable bonds is 3. The maximum absolute atomic E-state index is 11.2. The molecule has 0 bridgehead atoms. The van der Waals surface area contributed by atoms with Crippen molar-refractivity contribution < 1.29 is 14.3 Å². The fraction of sp³-hybridized carbons (Fsp3) is 0.667. The van der Waals surface area contributed by atoms with E-state index in [-0.39, 0.29) is 6.04 Å². The van der Waals surface area contributed by atoms with E-state index in [2.05, 4.69) is 4.98 Å². The molecule has 0 aliphatic carbocycles. The largest absolute Gasteiger partial charge is 0.480 e. The number of carbonyl (C=O) groups is 1. The average Bonchev–Trinajstić information content (AvgIpc) is 2.74. The molecular formula is C12H18N2O3. The van der Waals surface area contributed by atoms with Gasteiger partial charge in [0.15, 0.2) is 6.39 Å². The first-order valence-corrected chi connectivity index (χ1v) is 5.99. The lowest BCUT2D eigenvalue weighted by Gasteiger charge is -2.36. The summed E-state index contributed by atoms with van der Waals surface area (Å²) in [4.78, 5) is 17.3. The molecule has 0 amide bonds. The Morgan fingerprint density at radius 1 is 1.65 bits per heavy atom. The van der Waals surface area contributed by atoms with Crippen LogP contribution < -0.4 is 0 Å². The molecule has 0 radical (unpaired) electrons. The van der Waals surface area contributed by atoms with Crippen LogP contribution in [0.3, 0.4) is 0 Å². The number of hydrogen-bond acceptors (Lipinski definition) is 4. The molecule has 0 spiro atoms. The molecule has 2 rings (SSSR count). The Hall–Kier alpha value is -1.36. The SMILES string of the molecule is Cc1ncoc1C(C)N1CCCCC1C(=O)O. The fourth-order valence-electron chi connectivity index (χ4n) is 2.55. The molecule has 1 aromatic rings. The van der Waals surface area contributed by atoms with Gasteiger partial charge in [-0.1, -0.05) is 6.42 Å². The molecule has 5 heteroatoms. The minimum atomic E-state index is -0.742. The van der Waals surface area contributed by atoms with Crippen LogP contribution in [0.4, 0.5) is 0 Å². The second-order valence-corrected chi connectivity index (χ2v) is 4.57. The predicted octanol–water partition coefficient (Wildman–Crippen LogP) is 1.98. The molecule has 2 unspecified atom stereocenters. The van der Waals surface area contributed by atoms with Crippen LogP contribution in [0.5, 0.6) is 0 Å². The van der Waals surface area contributed by atoms with Crippen molar-refractivity contribution in [2.75, 3.05) is 6.54 Å². The van der Waals surface area contributed by atoms with E-state index in [9.17, 15) is 9.90 Å². The highest BCUT2D eigenvalue weighted by molar-refractivity contribution is 5.73. The molecule has 1 aliphatic rings. The van der Waals surface area contributed by atoms with Gasteiger partial charge in [0, 0.05) is 0 Å². The van der Waals surface area contributed by atoms with Crippen molar-refractivity contribution in [3.63, 3.8) is 0 Å². The smallest absolute Gasteiger partial charge is 0.320 e. The molecule has 17 heavy (non-hydrogen) atoms. The van der Waals surface area contributed by atoms with E-state index in [1.807, 2.05) is 18.7 Å². The topological polar surface area (TPSA) is 66.6 Å². The Morgan fingerprint density at radius 3 is 3.00 bits per heavy atom. The van der Waals surface area contributed by atoms with Gasteiger partial charge in [0.2, 0.25) is 0 Å². The number of oxazole rings is 1. The van der Waals surface area contributed by atoms with Gasteiger partial charge in [0.05, 0.1) is 11.7 Å². The minimum Gasteiger partial charge on any atom is -0.480 e. The summed E-state index contributed by atoms with van der Waals surface area (Å²) in [6.45, 7) is 4.67. The zero-order valence-corrected chi connectivity index (χ0v) is 10.2. The number of carboxylic acid groups (broad SMARTS) is 1. The summed E-state index contributed by atoms with van der Waals surface area (Å²) >= 11 is 0. The summed E-state index contributed by atoms with van der Waals surface area (Å²) in [5, 5.41) is 9.24. The molecule has 1 aliphatic heterocycles. The monoisotopic (exact) mass is 238 g/mol. The van der Waals surface area contributed by atoms with Gasteiger partial charge in [0.25, 0.3) is 0 Å². The van der Waals surface area contributed by atoms with Gasteiger partial charge >= 0.3 is 5.97 Å². The highest BCUT2D eigenvalue weighted by atomic mass is 16.4. The molecular weight excluding hydrogens is 220 g/mol. The van der Waals surface area contributed by atoms with Gasteiger partial charge in [-0.25, -0.2) is 4.98 Å². The van der Waals surface area contributed by atoms with Gasteiger partial charge in [-0.3, -0.25) is 9.69 Å². The van der Waals surface area contributed by atoms with Crippen LogP contribution in [0.1, 0.15) is 43.7 Å². The molecule has 2 heterocycles. The van der Waals surface area contributed by atoms with Crippen molar-refractivity contribution in [2.45, 2.75) is 45.2 Å². The van der Waals surface area contributed by atoms with Gasteiger partial charge in [-0.15, -0.1) is 0 Å². The summed E-state index contributed by atoms with van der Waals surface area (Å²) in [6, 6.07) is -0.429. The van der Waals surface area contributed by atoms with Gasteiger partial charge in [0.1, 0.15) is 11.8 Å². The van der Waals surface area contributed by atoms with Crippen LogP contribution in [0.15, 0.2) is 10.8 Å². The number of aliphatic carboxylic acids is 1. The van der Waals surface area contributed by atoms with Crippen LogP contribution in [-0.2, 0) is 4.79 Å². The highest BCUT2D eigenvalue weighted by Gasteiger charge is 2.33. The van der Waals surface area contributed by atoms with Crippen molar-refractivity contribution >= 4 is 5.97 Å². The average molecular weight is 238 g/mol. The zero-order valence-electron chi connectivity index (χ0n) is 10.2. The van der Waals surface area contributed by atoms with E-state index in [0.29, 0.717) is 6.42 Å². The minimum absolute atomic E-state index is 0.0288. The Labute approximate surface area is 100 Å². The number of likely N-dealkylation sites (tertiary alicyclic amines) is 1. The molecule has 1 fully saturated rings. The van der Waals surface area contributed by atoms with E-state index < -0.39 is 12.0 Å². The maximum atomic E-state index is 11.2. The number of nitrogens with zero attached hydrogens (tertiary/aromatic N) is 2. The normalized spacial score (nSPS) is 23.5. The van der Waals surface area contributed by atoms with E-state index in [4.69, 9.17) is 4.42 Å². The van der Waals surface area contributed by atoms with Crippen LogP contribution in [-0.4, -0.2) is 33.5 Å². The molecule has 0 saturated carbocycles. The first-order valence-electron chi connectivity index (χ1n) is 5.99. The van der Waals surface area contributed by atoms with Crippen molar-refractivity contribution in [3.05, 3.63) is 17.8 Å². The Balaban J connectivity index is 2.19. The van der Waals surface area contributed by atoms with E-state index in [1.54, 1.807) is 0 Å². The van der Waals surface area contributed by atoms with Crippen molar-refractivity contribution in [1.29, 1.82) is 0 Å². The first-order chi connectivity index (χ1) is 8.11. The summed E-state index contributed by atoms with van der Waals surface area (Å²) in [5.41, 5.74) is 0.840. The molecule has 1 saturated heterocycles. The summed E-state index contributed by atoms with van der Waals surface area (Å²) in [6.07, 6.45) is 4.16. The van der Waals surface area contributed by atoms with Gasteiger partial charge in [-0.05, 0) is 33.2 Å². The number of aromatic nitrogens is 1. The van der Waals surface area contributed by atoms with Crippen LogP contribution in [0, 0.1) is 6.92 Å². The number of hydrogen-bond donors (Lipinski definition) is 1.